The molecule has 0 aliphatic heterocycles. The van der Waals surface area contributed by atoms with Crippen LogP contribution in [0.5, 0.6) is 0 Å². The third-order valence-corrected chi connectivity index (χ3v) is 18.1. The normalized spacial score (nSPS) is 13.6. The van der Waals surface area contributed by atoms with Crippen molar-refractivity contribution in [2.75, 3.05) is 4.90 Å². The molecule has 1 aliphatic carbocycles. The molecule has 2 heterocycles. The Bertz CT molecular complexity index is 5150. The Labute approximate surface area is 502 Å². The molecule has 3 nitrogen and oxygen atoms in total. The number of anilines is 3. The number of hydrogen-bond acceptors (Lipinski definition) is 3. The van der Waals surface area contributed by atoms with Crippen LogP contribution < -0.4 is 4.90 Å². The summed E-state index contributed by atoms with van der Waals surface area (Å²) in [7, 11) is 0. The fraction of sp³-hybridized carbons (Fsp3) is 0.0120. The zero-order valence-corrected chi connectivity index (χ0v) is 47.2. The van der Waals surface area contributed by atoms with E-state index in [0.717, 1.165) is 150 Å². The van der Waals surface area contributed by atoms with Gasteiger partial charge >= 0.3 is 0 Å². The number of halogens is 1. The van der Waals surface area contributed by atoms with Crippen molar-refractivity contribution in [2.24, 2.45) is 0 Å². The summed E-state index contributed by atoms with van der Waals surface area (Å²) >= 11 is 0. The van der Waals surface area contributed by atoms with Gasteiger partial charge in [-0.3, -0.25) is 0 Å². The summed E-state index contributed by atoms with van der Waals surface area (Å²) in [4.78, 5) is 2.39. The molecule has 17 rings (SSSR count). The van der Waals surface area contributed by atoms with Crippen LogP contribution in [0.25, 0.3) is 121 Å². The Hall–Kier alpha value is -11.3. The Kier molecular flexibility index (Phi) is 11.7. The molecule has 1 aliphatic rings. The zero-order valence-electron chi connectivity index (χ0n) is 47.2. The van der Waals surface area contributed by atoms with Gasteiger partial charge in [-0.1, -0.05) is 255 Å². The van der Waals surface area contributed by atoms with Gasteiger partial charge in [-0.15, -0.1) is 0 Å². The fourth-order valence-electron chi connectivity index (χ4n) is 14.1. The van der Waals surface area contributed by atoms with E-state index >= 15 is 4.39 Å². The van der Waals surface area contributed by atoms with E-state index in [2.05, 4.69) is 272 Å². The number of hydrogen-bond donors (Lipinski definition) is 0. The standard InChI is InChI=1S/C83H52FNO2/c84-61-42-34-56(35-43-61)66-50-51-72(69-27-13-19-55-18-7-8-22-65(55)69)79-75-49-48-64(52-76(75)83(80(66)79,59-20-5-2-6-21-59)60-40-32-54(33-41-60)53-16-3-1-4-17-53)85(62-44-36-57(37-45-62)67-25-14-28-73-70-23-9-11-30-77(70)86-81(67)73)63-46-38-58(39-47-63)68-26-15-29-74-71-24-10-12-31-78(71)87-82(68)74/h1-52H. The first kappa shape index (κ1) is 50.2. The molecule has 0 fully saturated rings. The van der Waals surface area contributed by atoms with E-state index < -0.39 is 5.41 Å². The van der Waals surface area contributed by atoms with Gasteiger partial charge in [0.25, 0.3) is 0 Å². The maximum atomic E-state index is 15.2. The largest absolute Gasteiger partial charge is 0.455 e. The van der Waals surface area contributed by atoms with E-state index in [9.17, 15) is 0 Å². The third-order valence-electron chi connectivity index (χ3n) is 18.1. The zero-order chi connectivity index (χ0) is 57.6. The van der Waals surface area contributed by atoms with Crippen LogP contribution in [0, 0.1) is 5.82 Å². The average Bonchev–Trinajstić information content (AvgIpc) is 1.57. The molecule has 1 unspecified atom stereocenters. The Morgan fingerprint density at radius 1 is 0.287 bits per heavy atom. The van der Waals surface area contributed by atoms with Crippen molar-refractivity contribution in [3.05, 3.63) is 344 Å². The van der Waals surface area contributed by atoms with Gasteiger partial charge in [0, 0.05) is 49.7 Å². The monoisotopic (exact) mass is 1110 g/mol. The fourth-order valence-corrected chi connectivity index (χ4v) is 14.1. The highest BCUT2D eigenvalue weighted by atomic mass is 19.1. The number of para-hydroxylation sites is 4. The van der Waals surface area contributed by atoms with Crippen molar-refractivity contribution in [1.82, 2.24) is 0 Å². The van der Waals surface area contributed by atoms with E-state index in [0.29, 0.717) is 0 Å². The second-order valence-corrected chi connectivity index (χ2v) is 22.7. The molecule has 0 saturated carbocycles. The van der Waals surface area contributed by atoms with Crippen LogP contribution in [-0.4, -0.2) is 0 Å². The summed E-state index contributed by atoms with van der Waals surface area (Å²) in [6.45, 7) is 0. The van der Waals surface area contributed by atoms with Crippen LogP contribution in [0.1, 0.15) is 22.3 Å². The lowest BCUT2D eigenvalue weighted by atomic mass is 9.65. The second kappa shape index (κ2) is 20.2. The van der Waals surface area contributed by atoms with Gasteiger partial charge < -0.3 is 13.7 Å². The van der Waals surface area contributed by atoms with Crippen LogP contribution in [0.15, 0.2) is 324 Å². The van der Waals surface area contributed by atoms with Gasteiger partial charge in [-0.25, -0.2) is 4.39 Å². The molecule has 1 atom stereocenters. The summed E-state index contributed by atoms with van der Waals surface area (Å²) in [6.07, 6.45) is 0. The summed E-state index contributed by atoms with van der Waals surface area (Å²) < 4.78 is 28.4. The first-order chi connectivity index (χ1) is 43.0. The van der Waals surface area contributed by atoms with E-state index in [1.165, 1.54) is 10.8 Å². The van der Waals surface area contributed by atoms with Crippen LogP contribution >= 0.6 is 0 Å². The van der Waals surface area contributed by atoms with E-state index in [4.69, 9.17) is 8.83 Å². The van der Waals surface area contributed by atoms with Crippen LogP contribution in [0.4, 0.5) is 21.5 Å². The van der Waals surface area contributed by atoms with Crippen molar-refractivity contribution in [1.29, 1.82) is 0 Å². The number of nitrogens with zero attached hydrogens (tertiary/aromatic N) is 1. The molecular weight excluding hydrogens is 1060 g/mol. The molecule has 0 spiro atoms. The highest BCUT2D eigenvalue weighted by Crippen LogP contribution is 2.62. The first-order valence-electron chi connectivity index (χ1n) is 29.6. The van der Waals surface area contributed by atoms with Gasteiger partial charge in [-0.2, -0.15) is 0 Å². The Morgan fingerprint density at radius 3 is 1.36 bits per heavy atom. The van der Waals surface area contributed by atoms with Crippen LogP contribution in [-0.2, 0) is 5.41 Å². The number of benzene rings is 14. The Balaban J connectivity index is 0.925. The lowest BCUT2D eigenvalue weighted by Crippen LogP contribution is -2.29. The van der Waals surface area contributed by atoms with Gasteiger partial charge in [0.05, 0.1) is 5.41 Å². The minimum absolute atomic E-state index is 0.277. The minimum atomic E-state index is -0.905. The maximum absolute atomic E-state index is 15.2. The third kappa shape index (κ3) is 8.02. The molecule has 16 aromatic rings. The van der Waals surface area contributed by atoms with Crippen molar-refractivity contribution < 1.29 is 13.2 Å². The molecule has 4 heteroatoms. The van der Waals surface area contributed by atoms with Crippen LogP contribution in [0.3, 0.4) is 0 Å². The molecule has 2 aromatic heterocycles. The molecule has 0 amide bonds. The predicted molar refractivity (Wildman–Crippen MR) is 358 cm³/mol. The van der Waals surface area contributed by atoms with Gasteiger partial charge in [0.15, 0.2) is 0 Å². The van der Waals surface area contributed by atoms with Gasteiger partial charge in [0.1, 0.15) is 28.1 Å². The van der Waals surface area contributed by atoms with E-state index in [1.54, 1.807) is 12.1 Å². The summed E-state index contributed by atoms with van der Waals surface area (Å²) in [6, 6.07) is 112. The second-order valence-electron chi connectivity index (χ2n) is 22.7. The lowest BCUT2D eigenvalue weighted by Gasteiger charge is -2.36. The molecule has 0 saturated heterocycles. The average molecular weight is 1110 g/mol. The number of fused-ring (bicyclic) bond motifs is 10. The predicted octanol–water partition coefficient (Wildman–Crippen LogP) is 22.9. The molecular formula is C83H52FNO2. The molecule has 0 radical (unpaired) electrons. The van der Waals surface area contributed by atoms with Crippen molar-refractivity contribution >= 4 is 71.7 Å². The van der Waals surface area contributed by atoms with Gasteiger partial charge in [-0.05, 0) is 149 Å². The summed E-state index contributed by atoms with van der Waals surface area (Å²) in [5.41, 5.74) is 23.0. The highest BCUT2D eigenvalue weighted by Gasteiger charge is 2.49. The number of furan rings is 2. The SMILES string of the molecule is Fc1ccc(-c2ccc(-c3cccc4ccccc34)c3c2C(c2ccccc2)(c2ccc(-c4ccccc4)cc2)c2cc(N(c4ccc(-c5cccc6c5oc5ccccc56)cc4)c4ccc(-c5cccc6c5oc5ccccc56)cc4)ccc2-3)cc1. The van der Waals surface area contributed by atoms with Crippen molar-refractivity contribution in [3.63, 3.8) is 0 Å². The summed E-state index contributed by atoms with van der Waals surface area (Å²) in [5.74, 6) is -0.277. The van der Waals surface area contributed by atoms with E-state index in [-0.39, 0.29) is 5.82 Å². The summed E-state index contributed by atoms with van der Waals surface area (Å²) in [5, 5.41) is 6.73. The van der Waals surface area contributed by atoms with E-state index in [1.807, 2.05) is 36.4 Å². The number of rotatable bonds is 10. The topological polar surface area (TPSA) is 29.5 Å². The highest BCUT2D eigenvalue weighted by molar-refractivity contribution is 6.11. The molecule has 0 N–H and O–H groups in total. The van der Waals surface area contributed by atoms with Crippen molar-refractivity contribution in [3.8, 4) is 66.8 Å². The molecule has 408 valence electrons. The first-order valence-corrected chi connectivity index (χ1v) is 29.6. The molecule has 0 bridgehead atoms. The van der Waals surface area contributed by atoms with Gasteiger partial charge in [0.2, 0.25) is 0 Å². The maximum Gasteiger partial charge on any atom is 0.143 e. The van der Waals surface area contributed by atoms with Crippen LogP contribution in [0.2, 0.25) is 0 Å². The molecule has 14 aromatic carbocycles. The quantitative estimate of drug-likeness (QED) is 0.137. The minimum Gasteiger partial charge on any atom is -0.455 e. The Morgan fingerprint density at radius 2 is 0.724 bits per heavy atom. The van der Waals surface area contributed by atoms with Crippen molar-refractivity contribution in [2.45, 2.75) is 5.41 Å². The lowest BCUT2D eigenvalue weighted by molar-refractivity contribution is 0.628. The smallest absolute Gasteiger partial charge is 0.143 e. The molecule has 87 heavy (non-hydrogen) atoms.